The van der Waals surface area contributed by atoms with Crippen LogP contribution in [0.15, 0.2) is 12.2 Å². The monoisotopic (exact) mass is 510 g/mol. The normalized spacial score (nSPS) is 12.2. The standard InChI is InChI=1S/C31H58O5/c1-3-5-7-9-11-13-15-17-19-21-23-25-30(33)35-28-29(27-32)36-31(34)26-24-22-20-18-16-14-12-10-8-6-4-2/h10,12,29,32H,3-9,11,13-28H2,1-2H3/b12-10+/t29-/m0/s1. The predicted octanol–water partition coefficient (Wildman–Crippen LogP) is 8.61. The van der Waals surface area contributed by atoms with Crippen LogP contribution < -0.4 is 0 Å². The molecule has 0 rings (SSSR count). The molecular weight excluding hydrogens is 452 g/mol. The first-order valence-corrected chi connectivity index (χ1v) is 15.2. The Labute approximate surface area is 222 Å². The third kappa shape index (κ3) is 25.7. The maximum absolute atomic E-state index is 12.0. The molecule has 0 fully saturated rings. The molecule has 0 aromatic heterocycles. The van der Waals surface area contributed by atoms with Gasteiger partial charge in [0.2, 0.25) is 0 Å². The van der Waals surface area contributed by atoms with E-state index < -0.39 is 6.10 Å². The molecule has 0 aliphatic heterocycles. The maximum atomic E-state index is 12.0. The van der Waals surface area contributed by atoms with Crippen molar-refractivity contribution in [2.75, 3.05) is 13.2 Å². The minimum atomic E-state index is -0.765. The zero-order valence-corrected chi connectivity index (χ0v) is 23.8. The summed E-state index contributed by atoms with van der Waals surface area (Å²) in [5.74, 6) is -0.602. The van der Waals surface area contributed by atoms with E-state index in [1.807, 2.05) is 0 Å². The van der Waals surface area contributed by atoms with Crippen LogP contribution in [-0.2, 0) is 19.1 Å². The molecule has 0 aromatic rings. The minimum absolute atomic E-state index is 0.0646. The van der Waals surface area contributed by atoms with Crippen molar-refractivity contribution in [2.45, 2.75) is 161 Å². The molecule has 36 heavy (non-hydrogen) atoms. The molecule has 1 atom stereocenters. The molecule has 0 amide bonds. The average molecular weight is 511 g/mol. The molecule has 0 unspecified atom stereocenters. The van der Waals surface area contributed by atoms with E-state index in [9.17, 15) is 14.7 Å². The third-order valence-corrected chi connectivity index (χ3v) is 6.56. The Kier molecular flexibility index (Phi) is 27.1. The summed E-state index contributed by atoms with van der Waals surface area (Å²) in [6.07, 6.45) is 28.3. The van der Waals surface area contributed by atoms with Crippen molar-refractivity contribution in [3.8, 4) is 0 Å². The minimum Gasteiger partial charge on any atom is -0.462 e. The first kappa shape index (κ1) is 34.6. The Hall–Kier alpha value is -1.36. The van der Waals surface area contributed by atoms with Gasteiger partial charge < -0.3 is 14.6 Å². The quantitative estimate of drug-likeness (QED) is 0.0680. The lowest BCUT2D eigenvalue weighted by Gasteiger charge is -2.15. The van der Waals surface area contributed by atoms with Crippen molar-refractivity contribution in [3.05, 3.63) is 12.2 Å². The molecule has 0 aromatic carbocycles. The fourth-order valence-corrected chi connectivity index (χ4v) is 4.18. The van der Waals surface area contributed by atoms with Gasteiger partial charge in [0, 0.05) is 12.8 Å². The highest BCUT2D eigenvalue weighted by Crippen LogP contribution is 2.13. The lowest BCUT2D eigenvalue weighted by Crippen LogP contribution is -2.28. The number of carbonyl (C=O) groups is 2. The summed E-state index contributed by atoms with van der Waals surface area (Å²) < 4.78 is 10.5. The molecule has 0 spiro atoms. The molecule has 0 aliphatic rings. The van der Waals surface area contributed by atoms with Gasteiger partial charge in [0.1, 0.15) is 6.61 Å². The topological polar surface area (TPSA) is 72.8 Å². The molecule has 212 valence electrons. The maximum Gasteiger partial charge on any atom is 0.306 e. The van der Waals surface area contributed by atoms with Gasteiger partial charge in [-0.05, 0) is 32.1 Å². The smallest absolute Gasteiger partial charge is 0.306 e. The number of aliphatic hydroxyl groups excluding tert-OH is 1. The van der Waals surface area contributed by atoms with Crippen LogP contribution in [0.5, 0.6) is 0 Å². The summed E-state index contributed by atoms with van der Waals surface area (Å²) in [6.45, 7) is 4.06. The van der Waals surface area contributed by atoms with Crippen molar-refractivity contribution in [3.63, 3.8) is 0 Å². The Morgan fingerprint density at radius 3 is 1.58 bits per heavy atom. The van der Waals surface area contributed by atoms with E-state index in [1.165, 1.54) is 83.5 Å². The first-order valence-electron chi connectivity index (χ1n) is 15.2. The lowest BCUT2D eigenvalue weighted by molar-refractivity contribution is -0.161. The van der Waals surface area contributed by atoms with Crippen LogP contribution in [0.1, 0.15) is 155 Å². The molecule has 5 heteroatoms. The van der Waals surface area contributed by atoms with E-state index in [0.29, 0.717) is 12.8 Å². The third-order valence-electron chi connectivity index (χ3n) is 6.56. The number of unbranched alkanes of at least 4 members (excludes halogenated alkanes) is 17. The van der Waals surface area contributed by atoms with E-state index in [-0.39, 0.29) is 25.2 Å². The van der Waals surface area contributed by atoms with E-state index in [4.69, 9.17) is 9.47 Å². The average Bonchev–Trinajstić information content (AvgIpc) is 2.88. The number of allylic oxidation sites excluding steroid dienone is 2. The zero-order chi connectivity index (χ0) is 26.5. The van der Waals surface area contributed by atoms with Crippen LogP contribution >= 0.6 is 0 Å². The fourth-order valence-electron chi connectivity index (χ4n) is 4.18. The highest BCUT2D eigenvalue weighted by Gasteiger charge is 2.16. The molecule has 1 N–H and O–H groups in total. The number of carbonyl (C=O) groups excluding carboxylic acids is 2. The first-order chi connectivity index (χ1) is 17.6. The van der Waals surface area contributed by atoms with Gasteiger partial charge in [0.25, 0.3) is 0 Å². The van der Waals surface area contributed by atoms with E-state index in [1.54, 1.807) is 0 Å². The Balaban J connectivity index is 3.60. The van der Waals surface area contributed by atoms with Crippen molar-refractivity contribution >= 4 is 11.9 Å². The number of hydrogen-bond acceptors (Lipinski definition) is 5. The van der Waals surface area contributed by atoms with Crippen LogP contribution in [0.2, 0.25) is 0 Å². The van der Waals surface area contributed by atoms with Crippen molar-refractivity contribution in [2.24, 2.45) is 0 Å². The van der Waals surface area contributed by atoms with Crippen molar-refractivity contribution < 1.29 is 24.2 Å². The number of ether oxygens (including phenoxy) is 2. The summed E-state index contributed by atoms with van der Waals surface area (Å²) in [5, 5.41) is 9.45. The van der Waals surface area contributed by atoms with Gasteiger partial charge in [0.15, 0.2) is 6.10 Å². The molecule has 0 heterocycles. The van der Waals surface area contributed by atoms with Gasteiger partial charge in [0.05, 0.1) is 6.61 Å². The van der Waals surface area contributed by atoms with Gasteiger partial charge >= 0.3 is 11.9 Å². The Morgan fingerprint density at radius 2 is 1.06 bits per heavy atom. The largest absolute Gasteiger partial charge is 0.462 e. The molecule has 5 nitrogen and oxygen atoms in total. The van der Waals surface area contributed by atoms with E-state index in [2.05, 4.69) is 26.0 Å². The van der Waals surface area contributed by atoms with Gasteiger partial charge in [-0.2, -0.15) is 0 Å². The van der Waals surface area contributed by atoms with Gasteiger partial charge in [-0.25, -0.2) is 0 Å². The highest BCUT2D eigenvalue weighted by molar-refractivity contribution is 5.70. The number of esters is 2. The number of hydrogen-bond donors (Lipinski definition) is 1. The predicted molar refractivity (Wildman–Crippen MR) is 150 cm³/mol. The van der Waals surface area contributed by atoms with Crippen LogP contribution in [0.3, 0.4) is 0 Å². The van der Waals surface area contributed by atoms with Crippen LogP contribution in [-0.4, -0.2) is 36.4 Å². The molecule has 0 saturated carbocycles. The second kappa shape index (κ2) is 28.2. The molecule has 0 radical (unpaired) electrons. The summed E-state index contributed by atoms with van der Waals surface area (Å²) in [6, 6.07) is 0. The summed E-state index contributed by atoms with van der Waals surface area (Å²) in [5.41, 5.74) is 0. The van der Waals surface area contributed by atoms with Crippen molar-refractivity contribution in [1.29, 1.82) is 0 Å². The molecule has 0 saturated heterocycles. The fraction of sp³-hybridized carbons (Fsp3) is 0.871. The summed E-state index contributed by atoms with van der Waals surface area (Å²) in [7, 11) is 0. The van der Waals surface area contributed by atoms with Crippen LogP contribution in [0.25, 0.3) is 0 Å². The Morgan fingerprint density at radius 1 is 0.611 bits per heavy atom. The van der Waals surface area contributed by atoms with Crippen molar-refractivity contribution in [1.82, 2.24) is 0 Å². The number of aliphatic hydroxyl groups is 1. The van der Waals surface area contributed by atoms with Crippen LogP contribution in [0, 0.1) is 0 Å². The highest BCUT2D eigenvalue weighted by atomic mass is 16.6. The zero-order valence-electron chi connectivity index (χ0n) is 23.8. The SMILES string of the molecule is CCCC/C=C/CCCCCCCC(=O)O[C@@H](CO)COC(=O)CCCCCCCCCCCCC. The lowest BCUT2D eigenvalue weighted by atomic mass is 10.1. The van der Waals surface area contributed by atoms with E-state index in [0.717, 1.165) is 44.9 Å². The Bertz CT molecular complexity index is 517. The van der Waals surface area contributed by atoms with Gasteiger partial charge in [-0.15, -0.1) is 0 Å². The second-order valence-electron chi connectivity index (χ2n) is 10.2. The molecule has 0 aliphatic carbocycles. The van der Waals surface area contributed by atoms with Crippen LogP contribution in [0.4, 0.5) is 0 Å². The second-order valence-corrected chi connectivity index (χ2v) is 10.2. The molecular formula is C31H58O5. The summed E-state index contributed by atoms with van der Waals surface area (Å²) in [4.78, 5) is 24.0. The van der Waals surface area contributed by atoms with Gasteiger partial charge in [-0.3, -0.25) is 9.59 Å². The van der Waals surface area contributed by atoms with E-state index >= 15 is 0 Å². The van der Waals surface area contributed by atoms with Gasteiger partial charge in [-0.1, -0.05) is 122 Å². The summed E-state index contributed by atoms with van der Waals surface area (Å²) >= 11 is 0. The number of rotatable bonds is 27. The molecule has 0 bridgehead atoms.